The SMILES string of the molecule is CCCOc1ccc(/C=C/C(=O)Nc2cccc(C(=O)Nc3ccncc3)c2)cc1OC. The molecule has 3 aromatic rings. The van der Waals surface area contributed by atoms with Crippen molar-refractivity contribution in [3.05, 3.63) is 84.2 Å². The van der Waals surface area contributed by atoms with E-state index >= 15 is 0 Å². The molecule has 0 atom stereocenters. The molecule has 1 heterocycles. The van der Waals surface area contributed by atoms with Crippen molar-refractivity contribution in [3.63, 3.8) is 0 Å². The van der Waals surface area contributed by atoms with E-state index in [2.05, 4.69) is 15.6 Å². The number of carbonyl (C=O) groups excluding carboxylic acids is 2. The molecule has 0 bridgehead atoms. The van der Waals surface area contributed by atoms with Gasteiger partial charge in [0.1, 0.15) is 0 Å². The number of rotatable bonds is 9. The zero-order valence-electron chi connectivity index (χ0n) is 18.0. The third kappa shape index (κ3) is 6.43. The van der Waals surface area contributed by atoms with Gasteiger partial charge in [-0.1, -0.05) is 19.1 Å². The molecule has 2 aromatic carbocycles. The molecule has 0 spiro atoms. The molecule has 1 aromatic heterocycles. The highest BCUT2D eigenvalue weighted by atomic mass is 16.5. The number of hydrogen-bond acceptors (Lipinski definition) is 5. The van der Waals surface area contributed by atoms with Gasteiger partial charge in [0, 0.05) is 35.4 Å². The summed E-state index contributed by atoms with van der Waals surface area (Å²) in [6.45, 7) is 2.64. The fourth-order valence-corrected chi connectivity index (χ4v) is 2.85. The van der Waals surface area contributed by atoms with Crippen molar-refractivity contribution >= 4 is 29.3 Å². The molecule has 0 aliphatic rings. The van der Waals surface area contributed by atoms with E-state index < -0.39 is 0 Å². The molecule has 0 aliphatic carbocycles. The number of hydrogen-bond donors (Lipinski definition) is 2. The molecule has 164 valence electrons. The molecule has 7 nitrogen and oxygen atoms in total. The average molecular weight is 431 g/mol. The van der Waals surface area contributed by atoms with Crippen LogP contribution in [0.1, 0.15) is 29.3 Å². The zero-order chi connectivity index (χ0) is 22.8. The van der Waals surface area contributed by atoms with E-state index in [1.165, 1.54) is 6.08 Å². The maximum atomic E-state index is 12.4. The number of ether oxygens (including phenoxy) is 2. The molecule has 32 heavy (non-hydrogen) atoms. The van der Waals surface area contributed by atoms with Gasteiger partial charge < -0.3 is 20.1 Å². The number of nitrogens with one attached hydrogen (secondary N) is 2. The number of pyridine rings is 1. The Morgan fingerprint density at radius 1 is 0.969 bits per heavy atom. The molecule has 2 N–H and O–H groups in total. The molecule has 0 saturated carbocycles. The van der Waals surface area contributed by atoms with E-state index in [4.69, 9.17) is 9.47 Å². The lowest BCUT2D eigenvalue weighted by Crippen LogP contribution is -2.13. The highest BCUT2D eigenvalue weighted by molar-refractivity contribution is 6.06. The summed E-state index contributed by atoms with van der Waals surface area (Å²) in [4.78, 5) is 28.7. The van der Waals surface area contributed by atoms with Gasteiger partial charge >= 0.3 is 0 Å². The summed E-state index contributed by atoms with van der Waals surface area (Å²) >= 11 is 0. The summed E-state index contributed by atoms with van der Waals surface area (Å²) in [6.07, 6.45) is 7.20. The normalized spacial score (nSPS) is 10.6. The van der Waals surface area contributed by atoms with Crippen molar-refractivity contribution in [2.75, 3.05) is 24.4 Å². The molecule has 3 rings (SSSR count). The van der Waals surface area contributed by atoms with E-state index in [9.17, 15) is 9.59 Å². The summed E-state index contributed by atoms with van der Waals surface area (Å²) in [7, 11) is 1.58. The van der Waals surface area contributed by atoms with Crippen LogP contribution in [0.3, 0.4) is 0 Å². The largest absolute Gasteiger partial charge is 0.493 e. The highest BCUT2D eigenvalue weighted by Gasteiger charge is 2.08. The minimum Gasteiger partial charge on any atom is -0.493 e. The van der Waals surface area contributed by atoms with Crippen molar-refractivity contribution in [1.82, 2.24) is 4.98 Å². The lowest BCUT2D eigenvalue weighted by Gasteiger charge is -2.10. The summed E-state index contributed by atoms with van der Waals surface area (Å²) in [5, 5.41) is 5.55. The van der Waals surface area contributed by atoms with Crippen LogP contribution in [0.25, 0.3) is 6.08 Å². The monoisotopic (exact) mass is 431 g/mol. The van der Waals surface area contributed by atoms with E-state index in [-0.39, 0.29) is 11.8 Å². The molecule has 2 amide bonds. The van der Waals surface area contributed by atoms with Gasteiger partial charge in [0.05, 0.1) is 13.7 Å². The van der Waals surface area contributed by atoms with Gasteiger partial charge in [0.15, 0.2) is 11.5 Å². The Bertz CT molecular complexity index is 1100. The maximum Gasteiger partial charge on any atom is 0.255 e. The number of nitrogens with zero attached hydrogens (tertiary/aromatic N) is 1. The number of aromatic nitrogens is 1. The summed E-state index contributed by atoms with van der Waals surface area (Å²) in [5.41, 5.74) is 2.38. The van der Waals surface area contributed by atoms with Crippen LogP contribution in [0.5, 0.6) is 11.5 Å². The molecular weight excluding hydrogens is 406 g/mol. The topological polar surface area (TPSA) is 89.5 Å². The van der Waals surface area contributed by atoms with Gasteiger partial charge in [-0.05, 0) is 60.5 Å². The minimum atomic E-state index is -0.318. The van der Waals surface area contributed by atoms with Gasteiger partial charge in [-0.15, -0.1) is 0 Å². The van der Waals surface area contributed by atoms with Gasteiger partial charge in [-0.3, -0.25) is 14.6 Å². The molecule has 0 fully saturated rings. The van der Waals surface area contributed by atoms with Crippen LogP contribution in [0, 0.1) is 0 Å². The van der Waals surface area contributed by atoms with Crippen molar-refractivity contribution in [2.24, 2.45) is 0 Å². The summed E-state index contributed by atoms with van der Waals surface area (Å²) in [6, 6.07) is 15.6. The number of amides is 2. The Morgan fingerprint density at radius 2 is 1.78 bits per heavy atom. The fraction of sp³-hybridized carbons (Fsp3) is 0.160. The molecule has 0 aliphatic heterocycles. The van der Waals surface area contributed by atoms with Gasteiger partial charge in [0.2, 0.25) is 5.91 Å². The summed E-state index contributed by atoms with van der Waals surface area (Å²) in [5.74, 6) is 0.675. The number of anilines is 2. The molecule has 0 unspecified atom stereocenters. The number of carbonyl (C=O) groups is 2. The van der Waals surface area contributed by atoms with Gasteiger partial charge in [0.25, 0.3) is 5.91 Å². The van der Waals surface area contributed by atoms with Crippen LogP contribution < -0.4 is 20.1 Å². The quantitative estimate of drug-likeness (QED) is 0.476. The van der Waals surface area contributed by atoms with E-state index in [1.807, 2.05) is 19.1 Å². The van der Waals surface area contributed by atoms with E-state index in [0.29, 0.717) is 35.0 Å². The smallest absolute Gasteiger partial charge is 0.255 e. The first-order valence-corrected chi connectivity index (χ1v) is 10.2. The van der Waals surface area contributed by atoms with Crippen LogP contribution in [-0.2, 0) is 4.79 Å². The highest BCUT2D eigenvalue weighted by Crippen LogP contribution is 2.28. The Hall–Kier alpha value is -4.13. The zero-order valence-corrected chi connectivity index (χ0v) is 18.0. The molecular formula is C25H25N3O4. The van der Waals surface area contributed by atoms with Crippen LogP contribution in [0.15, 0.2) is 73.1 Å². The molecule has 0 saturated heterocycles. The lowest BCUT2D eigenvalue weighted by atomic mass is 10.1. The van der Waals surface area contributed by atoms with Crippen molar-refractivity contribution in [3.8, 4) is 11.5 Å². The third-order valence-electron chi connectivity index (χ3n) is 4.41. The van der Waals surface area contributed by atoms with Crippen molar-refractivity contribution < 1.29 is 19.1 Å². The Labute approximate surface area is 187 Å². The van der Waals surface area contributed by atoms with E-state index in [1.54, 1.807) is 68.0 Å². The minimum absolute atomic E-state index is 0.277. The standard InChI is InChI=1S/C25H25N3O4/c1-3-15-32-22-9-7-18(16-23(22)31-2)8-10-24(29)27-21-6-4-5-19(17-21)25(30)28-20-11-13-26-14-12-20/h4-14,16-17H,3,15H2,1-2H3,(H,27,29)(H,26,28,30)/b10-8+. The third-order valence-corrected chi connectivity index (χ3v) is 4.41. The van der Waals surface area contributed by atoms with Crippen molar-refractivity contribution in [1.29, 1.82) is 0 Å². The Kier molecular flexibility index (Phi) is 7.97. The van der Waals surface area contributed by atoms with Gasteiger partial charge in [-0.25, -0.2) is 0 Å². The lowest BCUT2D eigenvalue weighted by molar-refractivity contribution is -0.111. The van der Waals surface area contributed by atoms with Gasteiger partial charge in [-0.2, -0.15) is 0 Å². The Morgan fingerprint density at radius 3 is 2.53 bits per heavy atom. The maximum absolute atomic E-state index is 12.4. The van der Waals surface area contributed by atoms with Crippen LogP contribution in [-0.4, -0.2) is 30.5 Å². The van der Waals surface area contributed by atoms with Crippen LogP contribution in [0.2, 0.25) is 0 Å². The fourth-order valence-electron chi connectivity index (χ4n) is 2.85. The van der Waals surface area contributed by atoms with Crippen LogP contribution >= 0.6 is 0 Å². The number of methoxy groups -OCH3 is 1. The molecule has 0 radical (unpaired) electrons. The first-order chi connectivity index (χ1) is 15.6. The number of benzene rings is 2. The second kappa shape index (κ2) is 11.3. The average Bonchev–Trinajstić information content (AvgIpc) is 2.82. The van der Waals surface area contributed by atoms with Crippen molar-refractivity contribution in [2.45, 2.75) is 13.3 Å². The van der Waals surface area contributed by atoms with E-state index in [0.717, 1.165) is 12.0 Å². The summed E-state index contributed by atoms with van der Waals surface area (Å²) < 4.78 is 11.0. The molecule has 7 heteroatoms. The predicted molar refractivity (Wildman–Crippen MR) is 125 cm³/mol. The van der Waals surface area contributed by atoms with Crippen LogP contribution in [0.4, 0.5) is 11.4 Å². The Balaban J connectivity index is 1.63. The first-order valence-electron chi connectivity index (χ1n) is 10.2. The first kappa shape index (κ1) is 22.6. The second-order valence-electron chi connectivity index (χ2n) is 6.85. The second-order valence-corrected chi connectivity index (χ2v) is 6.85. The predicted octanol–water partition coefficient (Wildman–Crippen LogP) is 4.78.